The Hall–Kier alpha value is -6.94. The maximum Gasteiger partial charge on any atom is 0.303 e. The first-order valence-electron chi connectivity index (χ1n) is 29.9. The Bertz CT molecular complexity index is 2450. The largest absolute Gasteiger partial charge is 0.497 e. The van der Waals surface area contributed by atoms with E-state index in [0.29, 0.717) is 18.6 Å². The summed E-state index contributed by atoms with van der Waals surface area (Å²) < 4.78 is 94.9. The monoisotopic (exact) mass is 1250 g/mol. The smallest absolute Gasteiger partial charge is 0.303 e. The topological polar surface area (TPSA) is 330 Å². The number of carbonyl (C=O) groups excluding carboxylic acids is 10. The molecule has 1 aromatic carbocycles. The van der Waals surface area contributed by atoms with Crippen LogP contribution in [0.1, 0.15) is 159 Å². The van der Waals surface area contributed by atoms with Gasteiger partial charge in [-0.15, -0.1) is 0 Å². The van der Waals surface area contributed by atoms with Crippen LogP contribution in [0.15, 0.2) is 36.4 Å². The van der Waals surface area contributed by atoms with Crippen LogP contribution in [0.3, 0.4) is 0 Å². The Labute approximate surface area is 513 Å². The minimum Gasteiger partial charge on any atom is -0.497 e. The fourth-order valence-corrected chi connectivity index (χ4v) is 10.1. The molecule has 3 heterocycles. The van der Waals surface area contributed by atoms with Crippen molar-refractivity contribution in [2.45, 2.75) is 251 Å². The Morgan fingerprint density at radius 1 is 0.409 bits per heavy atom. The molecule has 494 valence electrons. The molecule has 27 heteroatoms. The van der Waals surface area contributed by atoms with Crippen LogP contribution < -0.4 is 14.8 Å². The lowest BCUT2D eigenvalue weighted by Crippen LogP contribution is -2.70. The standard InChI is InChI=1S/C61H89NO26/c1-12-13-14-15-16-17-18-19-20-21-22-23-24-25-26-27-49(72)62-50-54(78-39(6)67)51(77-38(5)66)46(32-74-35(2)63)84-59(50)87-52-47(33-75-36(3)64)86-61(58(82-43(10)71)55(52)79-40(7)68)88-53-48(34-76-37(4)65)85-60(83-45-30-28-44(73-11)29-31-45)57(81-42(9)70)56(53)80-41(8)69/h17-18,28-31,46-48,50-61H,12-16,19-27,32-34H2,1-11H3,(H,62,72)/b18-17-/t46-,47-,48-,50-,51-,52-,53-,54-,55+,56+,57-,58-,59+,60?,61+/m1/s1. The van der Waals surface area contributed by atoms with Gasteiger partial charge in [0.05, 0.1) is 7.11 Å². The van der Waals surface area contributed by atoms with Crippen molar-refractivity contribution < 1.29 is 124 Å². The summed E-state index contributed by atoms with van der Waals surface area (Å²) in [6.45, 7) is 9.52. The molecule has 3 fully saturated rings. The summed E-state index contributed by atoms with van der Waals surface area (Å²) in [5.41, 5.74) is 0. The molecule has 1 amide bonds. The number of carbonyl (C=O) groups is 10. The first-order valence-corrected chi connectivity index (χ1v) is 29.9. The Kier molecular flexibility index (Phi) is 32.1. The summed E-state index contributed by atoms with van der Waals surface area (Å²) in [5.74, 6) is -8.22. The Balaban J connectivity index is 1.78. The van der Waals surface area contributed by atoms with Gasteiger partial charge in [-0.05, 0) is 56.4 Å². The third-order valence-corrected chi connectivity index (χ3v) is 13.9. The van der Waals surface area contributed by atoms with Crippen LogP contribution in [-0.2, 0) is 114 Å². The van der Waals surface area contributed by atoms with E-state index in [4.69, 9.17) is 75.8 Å². The van der Waals surface area contributed by atoms with Crippen molar-refractivity contribution in [2.24, 2.45) is 0 Å². The second-order valence-electron chi connectivity index (χ2n) is 21.4. The number of methoxy groups -OCH3 is 1. The first kappa shape index (κ1) is 73.5. The Morgan fingerprint density at radius 3 is 1.23 bits per heavy atom. The van der Waals surface area contributed by atoms with E-state index in [1.165, 1.54) is 44.9 Å². The summed E-state index contributed by atoms with van der Waals surface area (Å²) in [7, 11) is 1.45. The van der Waals surface area contributed by atoms with Crippen LogP contribution >= 0.6 is 0 Å². The van der Waals surface area contributed by atoms with E-state index in [2.05, 4.69) is 24.4 Å². The van der Waals surface area contributed by atoms with Crippen molar-refractivity contribution in [1.29, 1.82) is 0 Å². The second kappa shape index (κ2) is 38.5. The molecule has 3 saturated heterocycles. The maximum absolute atomic E-state index is 14.1. The number of rotatable bonds is 35. The van der Waals surface area contributed by atoms with Crippen molar-refractivity contribution in [3.8, 4) is 11.5 Å². The van der Waals surface area contributed by atoms with Crippen LogP contribution in [0.25, 0.3) is 0 Å². The third kappa shape index (κ3) is 25.6. The van der Waals surface area contributed by atoms with E-state index in [1.54, 1.807) is 12.1 Å². The highest BCUT2D eigenvalue weighted by Crippen LogP contribution is 2.38. The van der Waals surface area contributed by atoms with Crippen LogP contribution in [-0.4, -0.2) is 179 Å². The van der Waals surface area contributed by atoms with E-state index >= 15 is 0 Å². The van der Waals surface area contributed by atoms with Gasteiger partial charge in [0.25, 0.3) is 0 Å². The molecule has 0 bridgehead atoms. The predicted molar refractivity (Wildman–Crippen MR) is 304 cm³/mol. The zero-order chi connectivity index (χ0) is 64.9. The van der Waals surface area contributed by atoms with Gasteiger partial charge in [-0.2, -0.15) is 0 Å². The average Bonchev–Trinajstić information content (AvgIpc) is 0.821. The SMILES string of the molecule is CCCCCC/C=C\CCCCCCCCCC(=O)N[C@H]1[C@H](O[C@H]2[C@H](OC(C)=O)[C@@H](OC(C)=O)[C@H](O[C@H]3[C@H](OC(C)=O)[C@@H](OC(C)=O)C(Oc4ccc(OC)cc4)O[C@@H]3COC(C)=O)O[C@@H]2COC(C)=O)O[C@H](COC(C)=O)[C@@H](OC(C)=O)[C@@H]1OC(C)=O. The predicted octanol–water partition coefficient (Wildman–Crippen LogP) is 5.82. The number of hydrogen-bond acceptors (Lipinski definition) is 26. The van der Waals surface area contributed by atoms with Crippen LogP contribution in [0.5, 0.6) is 11.5 Å². The molecule has 88 heavy (non-hydrogen) atoms. The van der Waals surface area contributed by atoms with E-state index in [9.17, 15) is 47.9 Å². The summed E-state index contributed by atoms with van der Waals surface area (Å²) in [5, 5.41) is 2.81. The number of allylic oxidation sites excluding steroid dienone is 2. The third-order valence-electron chi connectivity index (χ3n) is 13.9. The molecule has 1 aromatic rings. The molecular weight excluding hydrogens is 1160 g/mol. The molecule has 1 N–H and O–H groups in total. The number of amides is 1. The van der Waals surface area contributed by atoms with Crippen LogP contribution in [0.4, 0.5) is 0 Å². The van der Waals surface area contributed by atoms with E-state index in [1.807, 2.05) is 0 Å². The van der Waals surface area contributed by atoms with Gasteiger partial charge < -0.3 is 81.1 Å². The molecule has 4 rings (SSSR count). The van der Waals surface area contributed by atoms with E-state index in [0.717, 1.165) is 107 Å². The molecule has 0 radical (unpaired) electrons. The highest BCUT2D eigenvalue weighted by Gasteiger charge is 2.60. The molecule has 3 aliphatic rings. The fourth-order valence-electron chi connectivity index (χ4n) is 10.1. The van der Waals surface area contributed by atoms with Crippen molar-refractivity contribution in [2.75, 3.05) is 26.9 Å². The Morgan fingerprint density at radius 2 is 0.773 bits per heavy atom. The summed E-state index contributed by atoms with van der Waals surface area (Å²) in [4.78, 5) is 130. The number of benzene rings is 1. The molecule has 1 unspecified atom stereocenters. The van der Waals surface area contributed by atoms with E-state index < -0.39 is 172 Å². The van der Waals surface area contributed by atoms with Gasteiger partial charge in [0.1, 0.15) is 67.9 Å². The van der Waals surface area contributed by atoms with Crippen LogP contribution in [0, 0.1) is 0 Å². The number of hydrogen-bond donors (Lipinski definition) is 1. The molecule has 0 aliphatic carbocycles. The fraction of sp³-hybridized carbons (Fsp3) is 0.705. The highest BCUT2D eigenvalue weighted by atomic mass is 16.8. The number of esters is 9. The van der Waals surface area contributed by atoms with Gasteiger partial charge in [0.15, 0.2) is 43.1 Å². The molecule has 0 spiro atoms. The maximum atomic E-state index is 14.1. The van der Waals surface area contributed by atoms with Gasteiger partial charge >= 0.3 is 53.7 Å². The van der Waals surface area contributed by atoms with Crippen molar-refractivity contribution >= 4 is 59.6 Å². The quantitative estimate of drug-likeness (QED) is 0.0362. The van der Waals surface area contributed by atoms with Gasteiger partial charge in [-0.3, -0.25) is 47.9 Å². The minimum atomic E-state index is -2.02. The number of nitrogens with one attached hydrogen (secondary N) is 1. The number of unbranched alkanes of at least 4 members (excludes halogenated alkanes) is 11. The van der Waals surface area contributed by atoms with Gasteiger partial charge in [0.2, 0.25) is 18.3 Å². The lowest BCUT2D eigenvalue weighted by Gasteiger charge is -2.50. The minimum absolute atomic E-state index is 0.0518. The van der Waals surface area contributed by atoms with Crippen molar-refractivity contribution in [3.63, 3.8) is 0 Å². The van der Waals surface area contributed by atoms with Gasteiger partial charge in [0, 0.05) is 68.7 Å². The summed E-state index contributed by atoms with van der Waals surface area (Å²) in [6, 6.07) is 4.49. The lowest BCUT2D eigenvalue weighted by molar-refractivity contribution is -0.371. The second-order valence-corrected chi connectivity index (χ2v) is 21.4. The molecule has 15 atom stereocenters. The number of ether oxygens (including phenoxy) is 16. The van der Waals surface area contributed by atoms with Gasteiger partial charge in [-0.1, -0.05) is 70.4 Å². The molecule has 0 saturated carbocycles. The molecule has 0 aromatic heterocycles. The van der Waals surface area contributed by atoms with Gasteiger partial charge in [-0.25, -0.2) is 0 Å². The molecule has 3 aliphatic heterocycles. The lowest BCUT2D eigenvalue weighted by atomic mass is 9.94. The normalized spacial score (nSPS) is 26.7. The molecular formula is C61H89NO26. The van der Waals surface area contributed by atoms with E-state index in [-0.39, 0.29) is 12.2 Å². The van der Waals surface area contributed by atoms with Crippen LogP contribution in [0.2, 0.25) is 0 Å². The molecule has 27 nitrogen and oxygen atoms in total. The van der Waals surface area contributed by atoms with Crippen molar-refractivity contribution in [3.05, 3.63) is 36.4 Å². The average molecular weight is 1250 g/mol. The zero-order valence-corrected chi connectivity index (χ0v) is 52.3. The summed E-state index contributed by atoms with van der Waals surface area (Å²) in [6.07, 6.45) is -6.91. The summed E-state index contributed by atoms with van der Waals surface area (Å²) >= 11 is 0. The first-order chi connectivity index (χ1) is 41.9. The van der Waals surface area contributed by atoms with Crippen molar-refractivity contribution in [1.82, 2.24) is 5.32 Å². The zero-order valence-electron chi connectivity index (χ0n) is 52.3. The highest BCUT2D eigenvalue weighted by molar-refractivity contribution is 5.76.